The Kier molecular flexibility index (Phi) is 7.32. The number of aliphatic carboxylic acids is 1. The molecular weight excluding hydrogens is 282 g/mol. The number of carbonyl (C=O) groups excluding carboxylic acids is 1. The second-order valence-electron chi connectivity index (χ2n) is 5.59. The van der Waals surface area contributed by atoms with E-state index in [4.69, 9.17) is 5.11 Å². The van der Waals surface area contributed by atoms with E-state index in [2.05, 4.69) is 5.32 Å². The predicted molar refractivity (Wildman–Crippen MR) is 85.1 cm³/mol. The van der Waals surface area contributed by atoms with Crippen molar-refractivity contribution in [2.45, 2.75) is 38.8 Å². The number of hydrogen-bond acceptors (Lipinski definition) is 3. The molecule has 120 valence electrons. The van der Waals surface area contributed by atoms with Crippen molar-refractivity contribution in [2.24, 2.45) is 5.92 Å². The van der Waals surface area contributed by atoms with Gasteiger partial charge in [-0.3, -0.25) is 4.79 Å². The van der Waals surface area contributed by atoms with Crippen LogP contribution in [0.4, 0.5) is 0 Å². The second kappa shape index (κ2) is 9.00. The van der Waals surface area contributed by atoms with Crippen LogP contribution in [0.25, 0.3) is 6.08 Å². The summed E-state index contributed by atoms with van der Waals surface area (Å²) in [4.78, 5) is 23.0. The lowest BCUT2D eigenvalue weighted by Gasteiger charge is -2.17. The fourth-order valence-corrected chi connectivity index (χ4v) is 1.95. The van der Waals surface area contributed by atoms with Gasteiger partial charge >= 0.3 is 5.97 Å². The van der Waals surface area contributed by atoms with Gasteiger partial charge in [-0.1, -0.05) is 56.3 Å². The molecule has 1 rings (SSSR count). The van der Waals surface area contributed by atoms with Gasteiger partial charge in [-0.05, 0) is 24.3 Å². The summed E-state index contributed by atoms with van der Waals surface area (Å²) in [6.45, 7) is 3.77. The monoisotopic (exact) mass is 305 g/mol. The molecule has 1 amide bonds. The van der Waals surface area contributed by atoms with Gasteiger partial charge in [0.2, 0.25) is 5.91 Å². The van der Waals surface area contributed by atoms with Crippen LogP contribution in [0.3, 0.4) is 0 Å². The fraction of sp³-hybridized carbons (Fsp3) is 0.412. The number of amides is 1. The quantitative estimate of drug-likeness (QED) is 0.686. The smallest absolute Gasteiger partial charge is 0.326 e. The minimum atomic E-state index is -1.18. The highest BCUT2D eigenvalue weighted by Crippen LogP contribution is 2.07. The molecule has 0 aliphatic rings. The van der Waals surface area contributed by atoms with Crippen molar-refractivity contribution in [3.05, 3.63) is 42.0 Å². The van der Waals surface area contributed by atoms with Gasteiger partial charge < -0.3 is 15.5 Å². The van der Waals surface area contributed by atoms with Crippen LogP contribution in [-0.2, 0) is 9.59 Å². The zero-order chi connectivity index (χ0) is 16.5. The average molecular weight is 305 g/mol. The Morgan fingerprint density at radius 1 is 1.23 bits per heavy atom. The molecule has 0 aliphatic carbocycles. The van der Waals surface area contributed by atoms with E-state index in [0.29, 0.717) is 6.42 Å². The van der Waals surface area contributed by atoms with Gasteiger partial charge in [-0.15, -0.1) is 0 Å². The first-order chi connectivity index (χ1) is 10.4. The molecule has 0 bridgehead atoms. The molecule has 1 aromatic carbocycles. The van der Waals surface area contributed by atoms with Crippen LogP contribution in [0.1, 0.15) is 32.3 Å². The molecule has 22 heavy (non-hydrogen) atoms. The molecule has 0 unspecified atom stereocenters. The highest BCUT2D eigenvalue weighted by molar-refractivity contribution is 5.86. The Bertz CT molecular complexity index is 511. The highest BCUT2D eigenvalue weighted by Gasteiger charge is 2.23. The van der Waals surface area contributed by atoms with E-state index in [-0.39, 0.29) is 12.3 Å². The summed E-state index contributed by atoms with van der Waals surface area (Å²) in [7, 11) is 0. The van der Waals surface area contributed by atoms with Crippen LogP contribution in [0.15, 0.2) is 36.4 Å². The van der Waals surface area contributed by atoms with Gasteiger partial charge in [0.15, 0.2) is 0 Å². The first-order valence-corrected chi connectivity index (χ1v) is 7.33. The lowest BCUT2D eigenvalue weighted by atomic mass is 10.0. The van der Waals surface area contributed by atoms with E-state index >= 15 is 0 Å². The maximum atomic E-state index is 11.8. The standard InChI is InChI=1S/C17H23NO4/c1-12(2)11-15(19)16(20)18-14(17(21)22)10-6-9-13-7-4-3-5-8-13/h3-9,12,14-15,19H,10-11H2,1-2H3,(H,18,20)(H,21,22)/b9-6+/t14-,15-/m1/s1. The summed E-state index contributed by atoms with van der Waals surface area (Å²) < 4.78 is 0. The second-order valence-corrected chi connectivity index (χ2v) is 5.59. The molecule has 0 aliphatic heterocycles. The van der Waals surface area contributed by atoms with Crippen molar-refractivity contribution in [3.8, 4) is 0 Å². The van der Waals surface area contributed by atoms with Gasteiger partial charge in [-0.25, -0.2) is 4.79 Å². The minimum Gasteiger partial charge on any atom is -0.480 e. The third-order valence-corrected chi connectivity index (χ3v) is 3.09. The van der Waals surface area contributed by atoms with Crippen molar-refractivity contribution >= 4 is 18.0 Å². The molecule has 5 nitrogen and oxygen atoms in total. The first kappa shape index (κ1) is 17.9. The summed E-state index contributed by atoms with van der Waals surface area (Å²) in [6.07, 6.45) is 2.78. The van der Waals surface area contributed by atoms with E-state index in [9.17, 15) is 14.7 Å². The normalized spacial score (nSPS) is 14.0. The van der Waals surface area contributed by atoms with Crippen molar-refractivity contribution in [3.63, 3.8) is 0 Å². The summed E-state index contributed by atoms with van der Waals surface area (Å²) in [6, 6.07) is 8.42. The molecule has 0 fully saturated rings. The molecule has 0 radical (unpaired) electrons. The van der Waals surface area contributed by atoms with Crippen LogP contribution in [0, 0.1) is 5.92 Å². The SMILES string of the molecule is CC(C)C[C@@H](O)C(=O)N[C@H](C/C=C/c1ccccc1)C(=O)O. The Balaban J connectivity index is 2.57. The Labute approximate surface area is 130 Å². The van der Waals surface area contributed by atoms with Crippen LogP contribution < -0.4 is 5.32 Å². The van der Waals surface area contributed by atoms with Crippen LogP contribution in [-0.4, -0.2) is 34.2 Å². The maximum absolute atomic E-state index is 11.8. The van der Waals surface area contributed by atoms with Gasteiger partial charge in [0.1, 0.15) is 12.1 Å². The van der Waals surface area contributed by atoms with E-state index in [1.807, 2.05) is 44.2 Å². The van der Waals surface area contributed by atoms with E-state index in [0.717, 1.165) is 5.56 Å². The van der Waals surface area contributed by atoms with Crippen molar-refractivity contribution in [1.29, 1.82) is 0 Å². The average Bonchev–Trinajstić information content (AvgIpc) is 2.46. The number of carboxylic acid groups (broad SMARTS) is 1. The van der Waals surface area contributed by atoms with E-state index in [1.165, 1.54) is 0 Å². The van der Waals surface area contributed by atoms with Crippen molar-refractivity contribution < 1.29 is 19.8 Å². The highest BCUT2D eigenvalue weighted by atomic mass is 16.4. The Hall–Kier alpha value is -2.14. The molecular formula is C17H23NO4. The van der Waals surface area contributed by atoms with Crippen LogP contribution >= 0.6 is 0 Å². The summed E-state index contributed by atoms with van der Waals surface area (Å²) in [5.41, 5.74) is 0.956. The molecule has 1 aromatic rings. The summed E-state index contributed by atoms with van der Waals surface area (Å²) in [5, 5.41) is 21.2. The van der Waals surface area contributed by atoms with Gasteiger partial charge in [0.25, 0.3) is 0 Å². The number of aliphatic hydroxyl groups excluding tert-OH is 1. The van der Waals surface area contributed by atoms with Crippen LogP contribution in [0.5, 0.6) is 0 Å². The molecule has 0 saturated heterocycles. The van der Waals surface area contributed by atoms with Crippen molar-refractivity contribution in [2.75, 3.05) is 0 Å². The number of carbonyl (C=O) groups is 2. The zero-order valence-electron chi connectivity index (χ0n) is 12.9. The van der Waals surface area contributed by atoms with E-state index < -0.39 is 24.0 Å². The third kappa shape index (κ3) is 6.54. The third-order valence-electron chi connectivity index (χ3n) is 3.09. The molecule has 0 saturated carbocycles. The van der Waals surface area contributed by atoms with Gasteiger partial charge in [0, 0.05) is 0 Å². The number of nitrogens with one attached hydrogen (secondary N) is 1. The van der Waals surface area contributed by atoms with E-state index in [1.54, 1.807) is 12.2 Å². The molecule has 3 N–H and O–H groups in total. The molecule has 0 spiro atoms. The minimum absolute atomic E-state index is 0.155. The van der Waals surface area contributed by atoms with Crippen molar-refractivity contribution in [1.82, 2.24) is 5.32 Å². The lowest BCUT2D eigenvalue weighted by Crippen LogP contribution is -2.45. The van der Waals surface area contributed by atoms with Gasteiger partial charge in [-0.2, -0.15) is 0 Å². The lowest BCUT2D eigenvalue weighted by molar-refractivity contribution is -0.143. The number of carboxylic acids is 1. The largest absolute Gasteiger partial charge is 0.480 e. The Morgan fingerprint density at radius 2 is 1.86 bits per heavy atom. The predicted octanol–water partition coefficient (Wildman–Crippen LogP) is 2.07. The van der Waals surface area contributed by atoms with Gasteiger partial charge in [0.05, 0.1) is 0 Å². The number of rotatable bonds is 8. The molecule has 0 heterocycles. The summed E-state index contributed by atoms with van der Waals surface area (Å²) >= 11 is 0. The molecule has 2 atom stereocenters. The molecule has 0 aromatic heterocycles. The fourth-order valence-electron chi connectivity index (χ4n) is 1.95. The Morgan fingerprint density at radius 3 is 2.41 bits per heavy atom. The van der Waals surface area contributed by atoms with Crippen LogP contribution in [0.2, 0.25) is 0 Å². The molecule has 5 heteroatoms. The maximum Gasteiger partial charge on any atom is 0.326 e. The number of benzene rings is 1. The number of aliphatic hydroxyl groups is 1. The topological polar surface area (TPSA) is 86.6 Å². The summed E-state index contributed by atoms with van der Waals surface area (Å²) in [5.74, 6) is -1.61. The zero-order valence-corrected chi connectivity index (χ0v) is 12.9. The first-order valence-electron chi connectivity index (χ1n) is 7.33. The number of hydrogen-bond donors (Lipinski definition) is 3.